The normalized spacial score (nSPS) is 20.2. The van der Waals surface area contributed by atoms with E-state index in [1.165, 1.54) is 6.42 Å². The van der Waals surface area contributed by atoms with Gasteiger partial charge in [0.1, 0.15) is 0 Å². The molecule has 5 heteroatoms. The number of hydrogen-bond acceptors (Lipinski definition) is 2. The van der Waals surface area contributed by atoms with Crippen LogP contribution in [0.2, 0.25) is 5.02 Å². The van der Waals surface area contributed by atoms with Gasteiger partial charge in [-0.15, -0.1) is 0 Å². The van der Waals surface area contributed by atoms with E-state index in [4.69, 9.17) is 11.6 Å². The zero-order valence-electron chi connectivity index (χ0n) is 10.0. The first-order chi connectivity index (χ1) is 8.66. The molecule has 1 fully saturated rings. The van der Waals surface area contributed by atoms with Gasteiger partial charge >= 0.3 is 0 Å². The number of benzene rings is 1. The van der Waals surface area contributed by atoms with E-state index in [0.717, 1.165) is 36.0 Å². The maximum Gasteiger partial charge on any atom is 0.241 e. The fourth-order valence-corrected chi connectivity index (χ4v) is 2.48. The fourth-order valence-electron chi connectivity index (χ4n) is 2.06. The number of nitrogens with one attached hydrogen (secondary N) is 2. The van der Waals surface area contributed by atoms with Crippen LogP contribution in [-0.2, 0) is 4.79 Å². The Labute approximate surface area is 120 Å². The molecule has 18 heavy (non-hydrogen) atoms. The molecule has 2 N–H and O–H groups in total. The highest BCUT2D eigenvalue weighted by molar-refractivity contribution is 9.10. The molecular weight excluding hydrogens is 316 g/mol. The SMILES string of the molecule is O=C(Nc1ccc(Br)c(Cl)c1)C1CCCCCN1. The molecule has 1 atom stereocenters. The van der Waals surface area contributed by atoms with Gasteiger partial charge in [-0.1, -0.05) is 24.4 Å². The number of carbonyl (C=O) groups excluding carboxylic acids is 1. The molecule has 98 valence electrons. The minimum atomic E-state index is -0.0880. The monoisotopic (exact) mass is 330 g/mol. The number of amides is 1. The lowest BCUT2D eigenvalue weighted by molar-refractivity contribution is -0.118. The molecule has 1 aromatic carbocycles. The van der Waals surface area contributed by atoms with Crippen molar-refractivity contribution in [1.82, 2.24) is 5.32 Å². The van der Waals surface area contributed by atoms with Crippen LogP contribution in [0.25, 0.3) is 0 Å². The Hall–Kier alpha value is -0.580. The van der Waals surface area contributed by atoms with E-state index in [2.05, 4.69) is 26.6 Å². The van der Waals surface area contributed by atoms with Crippen LogP contribution in [0.5, 0.6) is 0 Å². The molecule has 1 aliphatic heterocycles. The number of anilines is 1. The molecule has 1 heterocycles. The Bertz CT molecular complexity index is 431. The van der Waals surface area contributed by atoms with Gasteiger partial charge in [-0.3, -0.25) is 4.79 Å². The second-order valence-electron chi connectivity index (χ2n) is 4.47. The average Bonchev–Trinajstić information content (AvgIpc) is 2.62. The van der Waals surface area contributed by atoms with E-state index in [-0.39, 0.29) is 11.9 Å². The fraction of sp³-hybridized carbons (Fsp3) is 0.462. The van der Waals surface area contributed by atoms with Gasteiger partial charge in [0.15, 0.2) is 0 Å². The molecule has 1 amide bonds. The zero-order chi connectivity index (χ0) is 13.0. The molecule has 2 rings (SSSR count). The summed E-state index contributed by atoms with van der Waals surface area (Å²) in [7, 11) is 0. The molecule has 0 radical (unpaired) electrons. The van der Waals surface area contributed by atoms with Crippen LogP contribution in [0.1, 0.15) is 25.7 Å². The van der Waals surface area contributed by atoms with Crippen LogP contribution in [0, 0.1) is 0 Å². The molecule has 1 aromatic rings. The summed E-state index contributed by atoms with van der Waals surface area (Å²) in [6.07, 6.45) is 4.34. The molecule has 0 aliphatic carbocycles. The van der Waals surface area contributed by atoms with E-state index < -0.39 is 0 Å². The lowest BCUT2D eigenvalue weighted by Crippen LogP contribution is -2.39. The van der Waals surface area contributed by atoms with Crippen molar-refractivity contribution >= 4 is 39.1 Å². The first-order valence-electron chi connectivity index (χ1n) is 6.16. The molecular formula is C13H16BrClN2O. The minimum absolute atomic E-state index is 0.0234. The molecule has 1 unspecified atom stereocenters. The number of halogens is 2. The summed E-state index contributed by atoms with van der Waals surface area (Å²) in [5.41, 5.74) is 0.735. The van der Waals surface area contributed by atoms with Gasteiger partial charge in [0.05, 0.1) is 11.1 Å². The highest BCUT2D eigenvalue weighted by Crippen LogP contribution is 2.25. The highest BCUT2D eigenvalue weighted by Gasteiger charge is 2.19. The molecule has 0 saturated carbocycles. The van der Waals surface area contributed by atoms with Crippen molar-refractivity contribution in [2.45, 2.75) is 31.7 Å². The zero-order valence-corrected chi connectivity index (χ0v) is 12.4. The number of hydrogen-bond donors (Lipinski definition) is 2. The van der Waals surface area contributed by atoms with Gasteiger partial charge < -0.3 is 10.6 Å². The molecule has 1 saturated heterocycles. The summed E-state index contributed by atoms with van der Waals surface area (Å²) >= 11 is 9.32. The Balaban J connectivity index is 1.99. The van der Waals surface area contributed by atoms with Gasteiger partial charge in [0, 0.05) is 10.2 Å². The van der Waals surface area contributed by atoms with Gasteiger partial charge in [-0.05, 0) is 53.5 Å². The van der Waals surface area contributed by atoms with Crippen LogP contribution >= 0.6 is 27.5 Å². The van der Waals surface area contributed by atoms with Crippen molar-refractivity contribution in [2.75, 3.05) is 11.9 Å². The van der Waals surface area contributed by atoms with E-state index in [0.29, 0.717) is 5.02 Å². The average molecular weight is 332 g/mol. The summed E-state index contributed by atoms with van der Waals surface area (Å²) in [6, 6.07) is 5.33. The van der Waals surface area contributed by atoms with E-state index >= 15 is 0 Å². The third-order valence-corrected chi connectivity index (χ3v) is 4.30. The summed E-state index contributed by atoms with van der Waals surface area (Å²) < 4.78 is 0.828. The van der Waals surface area contributed by atoms with Gasteiger partial charge in [0.25, 0.3) is 0 Å². The van der Waals surface area contributed by atoms with E-state index in [9.17, 15) is 4.79 Å². The van der Waals surface area contributed by atoms with Crippen molar-refractivity contribution in [3.63, 3.8) is 0 Å². The van der Waals surface area contributed by atoms with Gasteiger partial charge in [-0.25, -0.2) is 0 Å². The smallest absolute Gasteiger partial charge is 0.241 e. The molecule has 0 aromatic heterocycles. The number of carbonyl (C=O) groups is 1. The van der Waals surface area contributed by atoms with E-state index in [1.54, 1.807) is 6.07 Å². The number of rotatable bonds is 2. The van der Waals surface area contributed by atoms with Crippen molar-refractivity contribution in [3.8, 4) is 0 Å². The van der Waals surface area contributed by atoms with Crippen molar-refractivity contribution in [3.05, 3.63) is 27.7 Å². The third-order valence-electron chi connectivity index (χ3n) is 3.06. The van der Waals surface area contributed by atoms with Crippen LogP contribution < -0.4 is 10.6 Å². The van der Waals surface area contributed by atoms with E-state index in [1.807, 2.05) is 12.1 Å². The summed E-state index contributed by atoms with van der Waals surface area (Å²) in [5.74, 6) is 0.0234. The Morgan fingerprint density at radius 2 is 2.22 bits per heavy atom. The van der Waals surface area contributed by atoms with Crippen molar-refractivity contribution in [1.29, 1.82) is 0 Å². The largest absolute Gasteiger partial charge is 0.325 e. The molecule has 0 spiro atoms. The van der Waals surface area contributed by atoms with Gasteiger partial charge in [0.2, 0.25) is 5.91 Å². The van der Waals surface area contributed by atoms with Crippen LogP contribution in [0.3, 0.4) is 0 Å². The van der Waals surface area contributed by atoms with Crippen LogP contribution in [-0.4, -0.2) is 18.5 Å². The first kappa shape index (κ1) is 13.8. The topological polar surface area (TPSA) is 41.1 Å². The van der Waals surface area contributed by atoms with Crippen LogP contribution in [0.4, 0.5) is 5.69 Å². The second-order valence-corrected chi connectivity index (χ2v) is 5.74. The maximum atomic E-state index is 12.1. The van der Waals surface area contributed by atoms with Crippen molar-refractivity contribution < 1.29 is 4.79 Å². The summed E-state index contributed by atoms with van der Waals surface area (Å²) in [5, 5.41) is 6.77. The molecule has 1 aliphatic rings. The third kappa shape index (κ3) is 3.70. The highest BCUT2D eigenvalue weighted by atomic mass is 79.9. The van der Waals surface area contributed by atoms with Crippen LogP contribution in [0.15, 0.2) is 22.7 Å². The predicted octanol–water partition coefficient (Wildman–Crippen LogP) is 3.57. The minimum Gasteiger partial charge on any atom is -0.325 e. The second kappa shape index (κ2) is 6.55. The summed E-state index contributed by atoms with van der Waals surface area (Å²) in [6.45, 7) is 0.916. The summed E-state index contributed by atoms with van der Waals surface area (Å²) in [4.78, 5) is 12.1. The Morgan fingerprint density at radius 1 is 1.39 bits per heavy atom. The first-order valence-corrected chi connectivity index (χ1v) is 7.33. The maximum absolute atomic E-state index is 12.1. The predicted molar refractivity (Wildman–Crippen MR) is 78.0 cm³/mol. The lowest BCUT2D eigenvalue weighted by Gasteiger charge is -2.15. The Morgan fingerprint density at radius 3 is 3.00 bits per heavy atom. The standard InChI is InChI=1S/C13H16BrClN2O/c14-10-6-5-9(8-11(10)15)17-13(18)12-4-2-1-3-7-16-12/h5-6,8,12,16H,1-4,7H2,(H,17,18). The Kier molecular flexibility index (Phi) is 5.03. The van der Waals surface area contributed by atoms with Gasteiger partial charge in [-0.2, -0.15) is 0 Å². The van der Waals surface area contributed by atoms with Crippen molar-refractivity contribution in [2.24, 2.45) is 0 Å². The lowest BCUT2D eigenvalue weighted by atomic mass is 10.1. The molecule has 3 nitrogen and oxygen atoms in total. The quantitative estimate of drug-likeness (QED) is 0.870. The molecule has 0 bridgehead atoms.